The number of carbonyl (C=O) groups excluding carboxylic acids is 1. The Morgan fingerprint density at radius 3 is 2.80 bits per heavy atom. The van der Waals surface area contributed by atoms with E-state index in [9.17, 15) is 4.79 Å². The zero-order valence-corrected chi connectivity index (χ0v) is 9.27. The summed E-state index contributed by atoms with van der Waals surface area (Å²) in [4.78, 5) is 11.7. The molecule has 0 radical (unpaired) electrons. The van der Waals surface area contributed by atoms with Crippen LogP contribution in [0.25, 0.3) is 0 Å². The van der Waals surface area contributed by atoms with Crippen LogP contribution in [0.4, 0.5) is 5.69 Å². The first-order valence-electron chi connectivity index (χ1n) is 4.88. The van der Waals surface area contributed by atoms with E-state index in [0.717, 1.165) is 24.1 Å². The zero-order chi connectivity index (χ0) is 11.1. The van der Waals surface area contributed by atoms with Crippen LogP contribution < -0.4 is 11.1 Å². The molecule has 0 bridgehead atoms. The van der Waals surface area contributed by atoms with Crippen molar-refractivity contribution >= 4 is 23.2 Å². The molecule has 1 aromatic rings. The van der Waals surface area contributed by atoms with E-state index in [1.54, 1.807) is 12.1 Å². The molecule has 3 N–H and O–H groups in total. The molecule has 1 aliphatic carbocycles. The van der Waals surface area contributed by atoms with Gasteiger partial charge in [-0.1, -0.05) is 17.7 Å². The molecule has 0 saturated heterocycles. The molecule has 1 aromatic carbocycles. The van der Waals surface area contributed by atoms with Crippen molar-refractivity contribution in [3.8, 4) is 0 Å². The zero-order valence-electron chi connectivity index (χ0n) is 8.51. The van der Waals surface area contributed by atoms with Crippen LogP contribution >= 0.6 is 11.6 Å². The fourth-order valence-electron chi connectivity index (χ4n) is 1.35. The Balaban J connectivity index is 2.17. The molecule has 1 aliphatic rings. The molecule has 1 amide bonds. The SMILES string of the molecule is Cc1c(Cl)cccc1NC(=O)C1(N)CC1. The number of carbonyl (C=O) groups is 1. The number of nitrogens with one attached hydrogen (secondary N) is 1. The smallest absolute Gasteiger partial charge is 0.244 e. The maximum absolute atomic E-state index is 11.7. The lowest BCUT2D eigenvalue weighted by Gasteiger charge is -2.12. The van der Waals surface area contributed by atoms with Gasteiger partial charge in [0.2, 0.25) is 5.91 Å². The van der Waals surface area contributed by atoms with Crippen molar-refractivity contribution in [2.75, 3.05) is 5.32 Å². The van der Waals surface area contributed by atoms with Gasteiger partial charge in [0.15, 0.2) is 0 Å². The number of hydrogen-bond donors (Lipinski definition) is 2. The Labute approximate surface area is 93.6 Å². The summed E-state index contributed by atoms with van der Waals surface area (Å²) in [6.45, 7) is 1.87. The van der Waals surface area contributed by atoms with Crippen molar-refractivity contribution in [2.24, 2.45) is 5.73 Å². The quantitative estimate of drug-likeness (QED) is 0.808. The number of hydrogen-bond acceptors (Lipinski definition) is 2. The summed E-state index contributed by atoms with van der Waals surface area (Å²) >= 11 is 5.94. The first-order valence-corrected chi connectivity index (χ1v) is 5.26. The van der Waals surface area contributed by atoms with Gasteiger partial charge in [-0.15, -0.1) is 0 Å². The molecular weight excluding hydrogens is 212 g/mol. The van der Waals surface area contributed by atoms with Crippen LogP contribution in [0.3, 0.4) is 0 Å². The van der Waals surface area contributed by atoms with Crippen LogP contribution in [0.5, 0.6) is 0 Å². The predicted molar refractivity (Wildman–Crippen MR) is 61.0 cm³/mol. The van der Waals surface area contributed by atoms with Crippen molar-refractivity contribution in [3.63, 3.8) is 0 Å². The molecule has 0 aliphatic heterocycles. The van der Waals surface area contributed by atoms with Crippen LogP contribution in [0.1, 0.15) is 18.4 Å². The largest absolute Gasteiger partial charge is 0.324 e. The average Bonchev–Trinajstić information content (AvgIpc) is 2.93. The van der Waals surface area contributed by atoms with Gasteiger partial charge in [0.05, 0.1) is 5.54 Å². The Hall–Kier alpha value is -1.06. The van der Waals surface area contributed by atoms with E-state index < -0.39 is 5.54 Å². The molecular formula is C11H13ClN2O. The number of halogens is 1. The summed E-state index contributed by atoms with van der Waals surface area (Å²) in [6, 6.07) is 5.42. The lowest BCUT2D eigenvalue weighted by molar-refractivity contribution is -0.118. The van der Waals surface area contributed by atoms with Crippen LogP contribution in [0, 0.1) is 6.92 Å². The number of rotatable bonds is 2. The molecule has 1 saturated carbocycles. The van der Waals surface area contributed by atoms with Gasteiger partial charge in [0.1, 0.15) is 0 Å². The summed E-state index contributed by atoms with van der Waals surface area (Å²) < 4.78 is 0. The van der Waals surface area contributed by atoms with Gasteiger partial charge in [-0.2, -0.15) is 0 Å². The third-order valence-corrected chi connectivity index (χ3v) is 3.17. The monoisotopic (exact) mass is 224 g/mol. The highest BCUT2D eigenvalue weighted by molar-refractivity contribution is 6.31. The van der Waals surface area contributed by atoms with E-state index in [2.05, 4.69) is 5.32 Å². The number of nitrogens with two attached hydrogens (primary N) is 1. The topological polar surface area (TPSA) is 55.1 Å². The molecule has 0 spiro atoms. The van der Waals surface area contributed by atoms with Crippen LogP contribution in [-0.2, 0) is 4.79 Å². The summed E-state index contributed by atoms with van der Waals surface area (Å²) in [6.07, 6.45) is 1.52. The highest BCUT2D eigenvalue weighted by Gasteiger charge is 2.46. The van der Waals surface area contributed by atoms with Crippen molar-refractivity contribution in [1.82, 2.24) is 0 Å². The van der Waals surface area contributed by atoms with Crippen molar-refractivity contribution in [1.29, 1.82) is 0 Å². The number of anilines is 1. The van der Waals surface area contributed by atoms with Crippen molar-refractivity contribution < 1.29 is 4.79 Å². The Morgan fingerprint density at radius 2 is 2.20 bits per heavy atom. The van der Waals surface area contributed by atoms with E-state index in [1.165, 1.54) is 0 Å². The molecule has 3 nitrogen and oxygen atoms in total. The molecule has 0 unspecified atom stereocenters. The van der Waals surface area contributed by atoms with E-state index in [0.29, 0.717) is 5.02 Å². The molecule has 0 atom stereocenters. The van der Waals surface area contributed by atoms with Gasteiger partial charge in [-0.25, -0.2) is 0 Å². The first kappa shape index (κ1) is 10.5. The molecule has 0 heterocycles. The highest BCUT2D eigenvalue weighted by Crippen LogP contribution is 2.34. The summed E-state index contributed by atoms with van der Waals surface area (Å²) in [7, 11) is 0. The lowest BCUT2D eigenvalue weighted by Crippen LogP contribution is -2.37. The Morgan fingerprint density at radius 1 is 1.53 bits per heavy atom. The first-order chi connectivity index (χ1) is 7.03. The van der Waals surface area contributed by atoms with Gasteiger partial charge >= 0.3 is 0 Å². The van der Waals surface area contributed by atoms with E-state index in [1.807, 2.05) is 13.0 Å². The Bertz CT molecular complexity index is 413. The molecule has 2 rings (SSSR count). The number of benzene rings is 1. The van der Waals surface area contributed by atoms with Gasteiger partial charge < -0.3 is 11.1 Å². The standard InChI is InChI=1S/C11H13ClN2O/c1-7-8(12)3-2-4-9(7)14-10(15)11(13)5-6-11/h2-4H,5-6,13H2,1H3,(H,14,15). The van der Waals surface area contributed by atoms with Gasteiger partial charge in [-0.3, -0.25) is 4.79 Å². The Kier molecular flexibility index (Phi) is 2.44. The fraction of sp³-hybridized carbons (Fsp3) is 0.364. The van der Waals surface area contributed by atoms with Crippen molar-refractivity contribution in [2.45, 2.75) is 25.3 Å². The van der Waals surface area contributed by atoms with Gasteiger partial charge in [-0.05, 0) is 37.5 Å². The summed E-state index contributed by atoms with van der Waals surface area (Å²) in [5, 5.41) is 3.45. The number of amides is 1. The van der Waals surface area contributed by atoms with Gasteiger partial charge in [0.25, 0.3) is 0 Å². The summed E-state index contributed by atoms with van der Waals surface area (Å²) in [5.41, 5.74) is 6.75. The maximum atomic E-state index is 11.7. The van der Waals surface area contributed by atoms with Crippen LogP contribution in [0.2, 0.25) is 5.02 Å². The van der Waals surface area contributed by atoms with Crippen LogP contribution in [0.15, 0.2) is 18.2 Å². The second-order valence-corrected chi connectivity index (χ2v) is 4.43. The van der Waals surface area contributed by atoms with Crippen LogP contribution in [-0.4, -0.2) is 11.4 Å². The third-order valence-electron chi connectivity index (χ3n) is 2.76. The molecule has 4 heteroatoms. The minimum atomic E-state index is -0.644. The minimum absolute atomic E-state index is 0.118. The molecule has 80 valence electrons. The molecule has 1 fully saturated rings. The summed E-state index contributed by atoms with van der Waals surface area (Å²) in [5.74, 6) is -0.118. The second-order valence-electron chi connectivity index (χ2n) is 4.02. The minimum Gasteiger partial charge on any atom is -0.324 e. The van der Waals surface area contributed by atoms with Crippen molar-refractivity contribution in [3.05, 3.63) is 28.8 Å². The average molecular weight is 225 g/mol. The molecule has 0 aromatic heterocycles. The van der Waals surface area contributed by atoms with E-state index >= 15 is 0 Å². The van der Waals surface area contributed by atoms with E-state index in [4.69, 9.17) is 17.3 Å². The lowest BCUT2D eigenvalue weighted by atomic mass is 10.2. The normalized spacial score (nSPS) is 17.3. The second kappa shape index (κ2) is 3.51. The molecule has 15 heavy (non-hydrogen) atoms. The maximum Gasteiger partial charge on any atom is 0.244 e. The van der Waals surface area contributed by atoms with E-state index in [-0.39, 0.29) is 5.91 Å². The third kappa shape index (κ3) is 1.98. The predicted octanol–water partition coefficient (Wildman–Crippen LogP) is 2.08. The fourth-order valence-corrected chi connectivity index (χ4v) is 1.53. The van der Waals surface area contributed by atoms with Gasteiger partial charge in [0, 0.05) is 10.7 Å². The highest BCUT2D eigenvalue weighted by atomic mass is 35.5.